The number of halogens is 3. The van der Waals surface area contributed by atoms with Gasteiger partial charge in [0.05, 0.1) is 24.0 Å². The van der Waals surface area contributed by atoms with Gasteiger partial charge < -0.3 is 20.9 Å². The van der Waals surface area contributed by atoms with Crippen LogP contribution in [0.15, 0.2) is 48.7 Å². The number of hydrogen-bond donors (Lipinski definition) is 3. The number of carbonyl (C=O) groups excluding carboxylic acids is 2. The van der Waals surface area contributed by atoms with Crippen LogP contribution < -0.4 is 16.0 Å². The lowest BCUT2D eigenvalue weighted by Gasteiger charge is -2.15. The minimum absolute atomic E-state index is 0.101. The molecule has 11 heteroatoms. The Kier molecular flexibility index (Phi) is 5.86. The third-order valence-electron chi connectivity index (χ3n) is 4.94. The molecule has 0 unspecified atom stereocenters. The standard InChI is InChI=1S/C22H19ClF2N6O2/c1-31(2)20(33)18(32)13-5-3-4-6-16(13)29-19-15(23)10-26-21(30-19)28-12-7-8-17-14(9-12)22(24,25)11-27-17/h3-10,27H,11H2,1-2H3,(H2,26,28,29,30). The van der Waals surface area contributed by atoms with Gasteiger partial charge in [0.1, 0.15) is 5.02 Å². The Hall–Kier alpha value is -3.79. The van der Waals surface area contributed by atoms with E-state index < -0.39 is 24.2 Å². The largest absolute Gasteiger partial charge is 0.378 e. The molecule has 1 aliphatic rings. The van der Waals surface area contributed by atoms with E-state index in [9.17, 15) is 18.4 Å². The van der Waals surface area contributed by atoms with Crippen molar-refractivity contribution in [2.45, 2.75) is 5.92 Å². The number of ketones is 1. The summed E-state index contributed by atoms with van der Waals surface area (Å²) in [5, 5.41) is 8.66. The van der Waals surface area contributed by atoms with Gasteiger partial charge in [0.2, 0.25) is 5.95 Å². The number of fused-ring (bicyclic) bond motifs is 1. The summed E-state index contributed by atoms with van der Waals surface area (Å²) < 4.78 is 28.0. The van der Waals surface area contributed by atoms with Gasteiger partial charge in [-0.2, -0.15) is 13.8 Å². The number of benzene rings is 2. The molecule has 0 atom stereocenters. The quantitative estimate of drug-likeness (QED) is 0.361. The van der Waals surface area contributed by atoms with Gasteiger partial charge in [0, 0.05) is 31.0 Å². The normalized spacial score (nSPS) is 13.6. The Labute approximate surface area is 193 Å². The van der Waals surface area contributed by atoms with Gasteiger partial charge in [-0.1, -0.05) is 23.7 Å². The Balaban J connectivity index is 1.60. The molecule has 0 saturated heterocycles. The zero-order valence-corrected chi connectivity index (χ0v) is 18.4. The Morgan fingerprint density at radius 1 is 1.15 bits per heavy atom. The monoisotopic (exact) mass is 472 g/mol. The number of nitrogens with zero attached hydrogens (tertiary/aromatic N) is 3. The predicted octanol–water partition coefficient (Wildman–Crippen LogP) is 4.41. The van der Waals surface area contributed by atoms with Crippen LogP contribution >= 0.6 is 11.6 Å². The number of para-hydroxylation sites is 1. The maximum atomic E-state index is 14.0. The first-order valence-corrected chi connectivity index (χ1v) is 10.2. The number of carbonyl (C=O) groups is 2. The van der Waals surface area contributed by atoms with Gasteiger partial charge in [-0.3, -0.25) is 9.59 Å². The number of rotatable bonds is 6. The number of alkyl halides is 2. The van der Waals surface area contributed by atoms with E-state index >= 15 is 0 Å². The van der Waals surface area contributed by atoms with Crippen LogP contribution in [0.3, 0.4) is 0 Å². The minimum Gasteiger partial charge on any atom is -0.378 e. The predicted molar refractivity (Wildman–Crippen MR) is 122 cm³/mol. The number of hydrogen-bond acceptors (Lipinski definition) is 7. The van der Waals surface area contributed by atoms with Crippen LogP contribution in [0.2, 0.25) is 5.02 Å². The molecule has 0 bridgehead atoms. The number of amides is 1. The number of likely N-dealkylation sites (N-methyl/N-ethyl adjacent to an activating group) is 1. The molecule has 1 aromatic heterocycles. The van der Waals surface area contributed by atoms with Gasteiger partial charge in [-0.15, -0.1) is 0 Å². The van der Waals surface area contributed by atoms with E-state index in [0.717, 1.165) is 0 Å². The molecule has 2 aromatic carbocycles. The highest BCUT2D eigenvalue weighted by atomic mass is 35.5. The third kappa shape index (κ3) is 4.56. The van der Waals surface area contributed by atoms with Crippen molar-refractivity contribution in [3.05, 3.63) is 64.8 Å². The van der Waals surface area contributed by atoms with Crippen LogP contribution in [-0.4, -0.2) is 47.2 Å². The average molecular weight is 473 g/mol. The van der Waals surface area contributed by atoms with Crippen molar-refractivity contribution in [2.75, 3.05) is 36.6 Å². The zero-order valence-electron chi connectivity index (χ0n) is 17.6. The van der Waals surface area contributed by atoms with Crippen LogP contribution in [0.4, 0.5) is 37.6 Å². The summed E-state index contributed by atoms with van der Waals surface area (Å²) in [7, 11) is 2.97. The molecule has 0 aliphatic carbocycles. The molecule has 0 saturated carbocycles. The summed E-state index contributed by atoms with van der Waals surface area (Å²) in [5.74, 6) is -4.08. The van der Waals surface area contributed by atoms with E-state index in [0.29, 0.717) is 17.1 Å². The lowest BCUT2D eigenvalue weighted by atomic mass is 10.1. The van der Waals surface area contributed by atoms with Crippen LogP contribution in [0.1, 0.15) is 15.9 Å². The second-order valence-electron chi connectivity index (χ2n) is 7.53. The van der Waals surface area contributed by atoms with Crippen LogP contribution in [-0.2, 0) is 10.7 Å². The maximum absolute atomic E-state index is 14.0. The molecule has 33 heavy (non-hydrogen) atoms. The second kappa shape index (κ2) is 8.62. The molecule has 4 rings (SSSR count). The molecule has 0 spiro atoms. The van der Waals surface area contributed by atoms with Crippen molar-refractivity contribution < 1.29 is 18.4 Å². The van der Waals surface area contributed by atoms with Gasteiger partial charge in [0.25, 0.3) is 17.6 Å². The van der Waals surface area contributed by atoms with Gasteiger partial charge in [-0.25, -0.2) is 4.98 Å². The van der Waals surface area contributed by atoms with Crippen LogP contribution in [0.25, 0.3) is 0 Å². The second-order valence-corrected chi connectivity index (χ2v) is 7.94. The molecule has 3 aromatic rings. The van der Waals surface area contributed by atoms with Crippen molar-refractivity contribution >= 4 is 52.1 Å². The maximum Gasteiger partial charge on any atom is 0.294 e. The number of anilines is 5. The summed E-state index contributed by atoms with van der Waals surface area (Å²) in [4.78, 5) is 34.3. The fourth-order valence-corrected chi connectivity index (χ4v) is 3.40. The zero-order chi connectivity index (χ0) is 23.8. The van der Waals surface area contributed by atoms with E-state index in [1.807, 2.05) is 0 Å². The number of aromatic nitrogens is 2. The molecule has 8 nitrogen and oxygen atoms in total. The fraction of sp³-hybridized carbons (Fsp3) is 0.182. The van der Waals surface area contributed by atoms with Gasteiger partial charge in [0.15, 0.2) is 5.82 Å². The van der Waals surface area contributed by atoms with Crippen molar-refractivity contribution in [3.8, 4) is 0 Å². The van der Waals surface area contributed by atoms with Crippen molar-refractivity contribution in [3.63, 3.8) is 0 Å². The third-order valence-corrected chi connectivity index (χ3v) is 5.22. The minimum atomic E-state index is -2.97. The number of nitrogens with one attached hydrogen (secondary N) is 3. The first-order valence-electron chi connectivity index (χ1n) is 9.83. The lowest BCUT2D eigenvalue weighted by molar-refractivity contribution is -0.124. The van der Waals surface area contributed by atoms with E-state index in [2.05, 4.69) is 25.9 Å². The lowest BCUT2D eigenvalue weighted by Crippen LogP contribution is -2.30. The first kappa shape index (κ1) is 22.4. The summed E-state index contributed by atoms with van der Waals surface area (Å²) in [6.45, 7) is -0.453. The van der Waals surface area contributed by atoms with E-state index in [1.54, 1.807) is 30.3 Å². The average Bonchev–Trinajstić information content (AvgIpc) is 3.09. The molecule has 0 fully saturated rings. The highest BCUT2D eigenvalue weighted by Gasteiger charge is 2.39. The number of Topliss-reactive ketones (excluding diaryl/α,β-unsaturated/α-hetero) is 1. The summed E-state index contributed by atoms with van der Waals surface area (Å²) >= 11 is 6.23. The van der Waals surface area contributed by atoms with Crippen LogP contribution in [0, 0.1) is 0 Å². The van der Waals surface area contributed by atoms with Crippen molar-refractivity contribution in [1.29, 1.82) is 0 Å². The Morgan fingerprint density at radius 2 is 1.91 bits per heavy atom. The van der Waals surface area contributed by atoms with E-state index in [-0.39, 0.29) is 27.9 Å². The Bertz CT molecular complexity index is 1250. The molecular weight excluding hydrogens is 454 g/mol. The van der Waals surface area contributed by atoms with E-state index in [4.69, 9.17) is 11.6 Å². The van der Waals surface area contributed by atoms with Crippen molar-refractivity contribution in [1.82, 2.24) is 14.9 Å². The highest BCUT2D eigenvalue weighted by molar-refractivity contribution is 6.43. The Morgan fingerprint density at radius 3 is 2.67 bits per heavy atom. The molecule has 1 aliphatic heterocycles. The highest BCUT2D eigenvalue weighted by Crippen LogP contribution is 2.40. The van der Waals surface area contributed by atoms with Gasteiger partial charge in [-0.05, 0) is 30.3 Å². The SMILES string of the molecule is CN(C)C(=O)C(=O)c1ccccc1Nc1nc(Nc2ccc3c(c2)C(F)(F)CN3)ncc1Cl. The summed E-state index contributed by atoms with van der Waals surface area (Å²) in [5.41, 5.74) is 1.11. The molecule has 170 valence electrons. The molecule has 3 N–H and O–H groups in total. The first-order chi connectivity index (χ1) is 15.7. The molecule has 1 amide bonds. The summed E-state index contributed by atoms with van der Waals surface area (Å²) in [6, 6.07) is 11.0. The van der Waals surface area contributed by atoms with Gasteiger partial charge >= 0.3 is 0 Å². The summed E-state index contributed by atoms with van der Waals surface area (Å²) in [6.07, 6.45) is 1.33. The molecule has 2 heterocycles. The smallest absolute Gasteiger partial charge is 0.294 e. The fourth-order valence-electron chi connectivity index (χ4n) is 3.26. The topological polar surface area (TPSA) is 99.2 Å². The molecule has 0 radical (unpaired) electrons. The molecular formula is C22H19ClF2N6O2. The van der Waals surface area contributed by atoms with Crippen molar-refractivity contribution in [2.24, 2.45) is 0 Å². The van der Waals surface area contributed by atoms with E-state index in [1.165, 1.54) is 37.3 Å². The van der Waals surface area contributed by atoms with Crippen LogP contribution in [0.5, 0.6) is 0 Å².